The van der Waals surface area contributed by atoms with Crippen molar-refractivity contribution in [3.8, 4) is 0 Å². The van der Waals surface area contributed by atoms with Crippen LogP contribution >= 0.6 is 0 Å². The third-order valence-electron chi connectivity index (χ3n) is 13.5. The van der Waals surface area contributed by atoms with Gasteiger partial charge in [-0.3, -0.25) is 9.59 Å². The summed E-state index contributed by atoms with van der Waals surface area (Å²) in [4.78, 5) is 37.6. The first-order chi connectivity index (χ1) is 43.6. The maximum Gasteiger partial charge on any atom is 0.361 e. The number of rotatable bonds is 60. The zero-order chi connectivity index (χ0) is 64.7. The van der Waals surface area contributed by atoms with E-state index < -0.39 is 24.3 Å². The predicted octanol–water partition coefficient (Wildman–Crippen LogP) is 21.6. The van der Waals surface area contributed by atoms with E-state index in [1.807, 2.05) is 21.1 Å². The van der Waals surface area contributed by atoms with Crippen molar-refractivity contribution < 1.29 is 42.9 Å². The molecule has 0 radical (unpaired) electrons. The molecule has 2 atom stereocenters. The van der Waals surface area contributed by atoms with Gasteiger partial charge >= 0.3 is 17.9 Å². The van der Waals surface area contributed by atoms with E-state index in [1.54, 1.807) is 0 Å². The normalized spacial score (nSPS) is 14.0. The van der Waals surface area contributed by atoms with Crippen molar-refractivity contribution in [3.05, 3.63) is 207 Å². The van der Waals surface area contributed by atoms with E-state index in [4.69, 9.17) is 18.9 Å². The molecule has 0 heterocycles. The van der Waals surface area contributed by atoms with Gasteiger partial charge in [-0.1, -0.05) is 265 Å². The molecule has 9 heteroatoms. The molecule has 0 saturated carbocycles. The average Bonchev–Trinajstić information content (AvgIpc) is 3.64. The van der Waals surface area contributed by atoms with Gasteiger partial charge in [-0.2, -0.15) is 0 Å². The van der Waals surface area contributed by atoms with Crippen LogP contribution in [-0.4, -0.2) is 87.4 Å². The Labute approximate surface area is 544 Å². The zero-order valence-electron chi connectivity index (χ0n) is 56.5. The SMILES string of the molecule is CC/C=C\C/C=C\C/C=C\C/C=C\C/C=C\C/C=C\C/C=C\C/C=C\C/C=C\C/C=C\C/C=C\CCCCCCCC(=O)OC(COC(=O)CCCCCCCC/C=C\C/C=C\C/C=C\C/C=C\C/C=C\C/C=C\CC)COC(OCC[N+](C)(C)C)C(=O)O. The fourth-order valence-electron chi connectivity index (χ4n) is 8.37. The molecular weight excluding hydrogens is 1100 g/mol. The van der Waals surface area contributed by atoms with Crippen molar-refractivity contribution in [1.82, 2.24) is 0 Å². The Hall–Kier alpha value is -6.13. The van der Waals surface area contributed by atoms with Gasteiger partial charge in [0, 0.05) is 12.8 Å². The van der Waals surface area contributed by atoms with Crippen LogP contribution in [0.1, 0.15) is 219 Å². The summed E-state index contributed by atoms with van der Waals surface area (Å²) in [7, 11) is 5.94. The maximum absolute atomic E-state index is 12.9. The van der Waals surface area contributed by atoms with Crippen LogP contribution in [0.3, 0.4) is 0 Å². The molecule has 0 rings (SSSR count). The second kappa shape index (κ2) is 67.8. The fourth-order valence-corrected chi connectivity index (χ4v) is 8.37. The number of likely N-dealkylation sites (N-methyl/N-ethyl adjacent to an activating group) is 1. The summed E-state index contributed by atoms with van der Waals surface area (Å²) in [6, 6.07) is 0. The third kappa shape index (κ3) is 69.2. The molecule has 496 valence electrons. The summed E-state index contributed by atoms with van der Waals surface area (Å²) in [5, 5.41) is 9.74. The van der Waals surface area contributed by atoms with Crippen molar-refractivity contribution in [2.24, 2.45) is 0 Å². The average molecular weight is 1230 g/mol. The molecule has 0 aliphatic carbocycles. The van der Waals surface area contributed by atoms with Crippen LogP contribution < -0.4 is 0 Å². The minimum absolute atomic E-state index is 0.168. The lowest BCUT2D eigenvalue weighted by atomic mass is 10.1. The van der Waals surface area contributed by atoms with Gasteiger partial charge in [0.15, 0.2) is 6.10 Å². The fraction of sp³-hybridized carbons (Fsp3) is 0.537. The molecule has 0 saturated heterocycles. The number of esters is 2. The first-order valence-electron chi connectivity index (χ1n) is 34.2. The second-order valence-corrected chi connectivity index (χ2v) is 23.0. The maximum atomic E-state index is 12.9. The standard InChI is InChI=1S/C80H123NO8/c1-6-8-10-12-14-16-18-20-22-24-26-28-30-32-33-34-35-36-37-38-39-40-41-42-43-44-45-47-49-51-53-55-57-59-61-63-65-67-69-71-78(83)89-76(75-88-80(79(84)85)86-73-72-81(3,4)5)74-87-77(82)70-68-66-64-62-60-58-56-54-52-50-48-46-31-29-27-25-23-21-19-17-15-13-11-9-7-2/h8-11,14-17,20-23,26-29,32-33,35-36,38-39,41-42,44-46,48-49,51-52,54-55,57,76,80H,6-7,12-13,18-19,24-25,30-31,34,37,40,43,47,50,53,56,58-75H2,1-5H3/p+1/b10-8-,11-9-,16-14-,17-15-,22-20-,23-21-,28-26-,29-27-,33-32-,36-35-,39-38-,42-41-,45-44-,48-46-,51-49-,54-52-,57-55-. The van der Waals surface area contributed by atoms with Crippen molar-refractivity contribution in [2.75, 3.05) is 47.5 Å². The minimum Gasteiger partial charge on any atom is -0.477 e. The number of allylic oxidation sites excluding steroid dienone is 34. The molecule has 0 amide bonds. The van der Waals surface area contributed by atoms with Gasteiger partial charge < -0.3 is 28.5 Å². The Morgan fingerprint density at radius 3 is 0.899 bits per heavy atom. The van der Waals surface area contributed by atoms with E-state index in [9.17, 15) is 19.5 Å². The molecular formula is C80H124NO8+. The minimum atomic E-state index is -1.54. The molecule has 2 unspecified atom stereocenters. The summed E-state index contributed by atoms with van der Waals surface area (Å²) in [6.45, 7) is 4.57. The number of unbranched alkanes of at least 4 members (excludes halogenated alkanes) is 11. The lowest BCUT2D eigenvalue weighted by Crippen LogP contribution is -2.40. The van der Waals surface area contributed by atoms with E-state index in [0.717, 1.165) is 180 Å². The largest absolute Gasteiger partial charge is 0.477 e. The molecule has 1 N–H and O–H groups in total. The Bertz CT molecular complexity index is 2210. The topological polar surface area (TPSA) is 108 Å². The zero-order valence-corrected chi connectivity index (χ0v) is 56.5. The van der Waals surface area contributed by atoms with E-state index in [2.05, 4.69) is 220 Å². The van der Waals surface area contributed by atoms with Gasteiger partial charge in [0.05, 0.1) is 34.4 Å². The first-order valence-corrected chi connectivity index (χ1v) is 34.2. The number of ether oxygens (including phenoxy) is 4. The van der Waals surface area contributed by atoms with E-state index >= 15 is 0 Å². The quantitative estimate of drug-likeness (QED) is 0.0211. The molecule has 89 heavy (non-hydrogen) atoms. The molecule has 0 spiro atoms. The van der Waals surface area contributed by atoms with Crippen molar-refractivity contribution in [1.29, 1.82) is 0 Å². The van der Waals surface area contributed by atoms with Crippen LogP contribution in [0.15, 0.2) is 207 Å². The number of hydrogen-bond acceptors (Lipinski definition) is 7. The number of quaternary nitrogens is 1. The highest BCUT2D eigenvalue weighted by Gasteiger charge is 2.25. The smallest absolute Gasteiger partial charge is 0.361 e. The van der Waals surface area contributed by atoms with Crippen LogP contribution in [0.5, 0.6) is 0 Å². The van der Waals surface area contributed by atoms with Gasteiger partial charge in [0.25, 0.3) is 6.29 Å². The molecule has 0 bridgehead atoms. The van der Waals surface area contributed by atoms with Crippen LogP contribution in [-0.2, 0) is 33.3 Å². The Kier molecular flexibility index (Phi) is 63.1. The number of carbonyl (C=O) groups excluding carboxylic acids is 2. The molecule has 0 fully saturated rings. The van der Waals surface area contributed by atoms with Crippen molar-refractivity contribution >= 4 is 17.9 Å². The lowest BCUT2D eigenvalue weighted by Gasteiger charge is -2.25. The number of hydrogen-bond donors (Lipinski definition) is 1. The number of carbonyl (C=O) groups is 3. The number of aliphatic carboxylic acids is 1. The predicted molar refractivity (Wildman–Crippen MR) is 382 cm³/mol. The summed E-state index contributed by atoms with van der Waals surface area (Å²) in [5.41, 5.74) is 0. The number of carboxylic acid groups (broad SMARTS) is 1. The third-order valence-corrected chi connectivity index (χ3v) is 13.5. The summed E-state index contributed by atoms with van der Waals surface area (Å²) < 4.78 is 22.9. The first kappa shape index (κ1) is 82.9. The lowest BCUT2D eigenvalue weighted by molar-refractivity contribution is -0.870. The summed E-state index contributed by atoms with van der Waals surface area (Å²) in [5.74, 6) is -2.08. The van der Waals surface area contributed by atoms with Crippen LogP contribution in [0.25, 0.3) is 0 Å². The van der Waals surface area contributed by atoms with Crippen LogP contribution in [0.4, 0.5) is 0 Å². The van der Waals surface area contributed by atoms with Crippen molar-refractivity contribution in [2.45, 2.75) is 232 Å². The molecule has 0 aromatic carbocycles. The van der Waals surface area contributed by atoms with Crippen molar-refractivity contribution in [3.63, 3.8) is 0 Å². The molecule has 0 aromatic heterocycles. The Balaban J connectivity index is 4.30. The molecule has 0 aromatic rings. The van der Waals surface area contributed by atoms with Crippen LogP contribution in [0, 0.1) is 0 Å². The van der Waals surface area contributed by atoms with E-state index in [0.29, 0.717) is 23.9 Å². The Morgan fingerprint density at radius 1 is 0.337 bits per heavy atom. The molecule has 0 aliphatic heterocycles. The molecule has 0 aliphatic rings. The highest BCUT2D eigenvalue weighted by atomic mass is 16.7. The second-order valence-electron chi connectivity index (χ2n) is 23.0. The highest BCUT2D eigenvalue weighted by molar-refractivity contribution is 5.71. The van der Waals surface area contributed by atoms with E-state index in [1.165, 1.54) is 0 Å². The Morgan fingerprint density at radius 2 is 0.607 bits per heavy atom. The van der Waals surface area contributed by atoms with Gasteiger partial charge in [-0.25, -0.2) is 4.79 Å². The number of nitrogens with zero attached hydrogens (tertiary/aromatic N) is 1. The van der Waals surface area contributed by atoms with Gasteiger partial charge in [-0.15, -0.1) is 0 Å². The molecule has 9 nitrogen and oxygen atoms in total. The van der Waals surface area contributed by atoms with E-state index in [-0.39, 0.29) is 38.6 Å². The van der Waals surface area contributed by atoms with Gasteiger partial charge in [0.2, 0.25) is 0 Å². The summed E-state index contributed by atoms with van der Waals surface area (Å²) in [6.07, 6.45) is 104. The monoisotopic (exact) mass is 1230 g/mol. The van der Waals surface area contributed by atoms with Crippen LogP contribution in [0.2, 0.25) is 0 Å². The summed E-state index contributed by atoms with van der Waals surface area (Å²) >= 11 is 0. The van der Waals surface area contributed by atoms with Gasteiger partial charge in [0.1, 0.15) is 13.2 Å². The van der Waals surface area contributed by atoms with Gasteiger partial charge in [-0.05, 0) is 148 Å². The number of carboxylic acids is 1. The highest BCUT2D eigenvalue weighted by Crippen LogP contribution is 2.13.